The van der Waals surface area contributed by atoms with Crippen molar-refractivity contribution in [2.45, 2.75) is 13.3 Å². The van der Waals surface area contributed by atoms with Crippen LogP contribution in [0.3, 0.4) is 0 Å². The minimum atomic E-state index is -0.805. The molecular weight excluding hydrogens is 384 g/mol. The molecule has 1 aliphatic heterocycles. The summed E-state index contributed by atoms with van der Waals surface area (Å²) in [4.78, 5) is 38.7. The number of nitrogens with zero attached hydrogens (tertiary/aromatic N) is 1. The zero-order valence-electron chi connectivity index (χ0n) is 16.6. The first-order valence-corrected chi connectivity index (χ1v) is 9.52. The molecule has 0 saturated carbocycles. The first-order valence-electron chi connectivity index (χ1n) is 9.52. The zero-order chi connectivity index (χ0) is 21.5. The fourth-order valence-electron chi connectivity index (χ4n) is 2.84. The zero-order valence-corrected chi connectivity index (χ0v) is 16.6. The third-order valence-electron chi connectivity index (χ3n) is 4.24. The number of urea groups is 1. The van der Waals surface area contributed by atoms with E-state index in [4.69, 9.17) is 9.47 Å². The van der Waals surface area contributed by atoms with Gasteiger partial charge in [0.05, 0.1) is 12.3 Å². The Morgan fingerprint density at radius 3 is 2.47 bits per heavy atom. The lowest BCUT2D eigenvalue weighted by molar-refractivity contribution is -0.122. The van der Waals surface area contributed by atoms with Crippen LogP contribution in [0.5, 0.6) is 11.5 Å². The third-order valence-corrected chi connectivity index (χ3v) is 4.24. The largest absolute Gasteiger partial charge is 0.494 e. The molecule has 3 rings (SSSR count). The Balaban J connectivity index is 1.91. The number of ether oxygens (including phenoxy) is 2. The van der Waals surface area contributed by atoms with E-state index < -0.39 is 17.8 Å². The van der Waals surface area contributed by atoms with Crippen LogP contribution < -0.4 is 19.7 Å². The number of nitrogens with one attached hydrogen (secondary N) is 1. The molecule has 0 aromatic heterocycles. The van der Waals surface area contributed by atoms with Crippen LogP contribution in [0.2, 0.25) is 0 Å². The number of imide groups is 2. The first-order chi connectivity index (χ1) is 14.5. The van der Waals surface area contributed by atoms with Gasteiger partial charge in [0.1, 0.15) is 23.7 Å². The van der Waals surface area contributed by atoms with Gasteiger partial charge in [-0.1, -0.05) is 37.8 Å². The monoisotopic (exact) mass is 406 g/mol. The molecule has 1 fully saturated rings. The van der Waals surface area contributed by atoms with Crippen LogP contribution in [0.4, 0.5) is 10.5 Å². The molecule has 2 aromatic rings. The Bertz CT molecular complexity index is 995. The molecule has 30 heavy (non-hydrogen) atoms. The lowest BCUT2D eigenvalue weighted by Crippen LogP contribution is -2.54. The van der Waals surface area contributed by atoms with E-state index >= 15 is 0 Å². The highest BCUT2D eigenvalue weighted by Gasteiger charge is 2.37. The molecule has 0 unspecified atom stereocenters. The van der Waals surface area contributed by atoms with Crippen molar-refractivity contribution in [3.05, 3.63) is 72.3 Å². The summed E-state index contributed by atoms with van der Waals surface area (Å²) in [5.74, 6) is -0.357. The quantitative estimate of drug-likeness (QED) is 0.410. The lowest BCUT2D eigenvalue weighted by atomic mass is 10.1. The van der Waals surface area contributed by atoms with Crippen molar-refractivity contribution in [3.8, 4) is 11.5 Å². The van der Waals surface area contributed by atoms with Crippen molar-refractivity contribution in [2.75, 3.05) is 18.1 Å². The molecule has 0 atom stereocenters. The highest BCUT2D eigenvalue weighted by molar-refractivity contribution is 6.39. The molecule has 1 N–H and O–H groups in total. The van der Waals surface area contributed by atoms with Gasteiger partial charge in [-0.15, -0.1) is 0 Å². The summed E-state index contributed by atoms with van der Waals surface area (Å²) in [6.45, 7) is 6.45. The van der Waals surface area contributed by atoms with Crippen LogP contribution in [0, 0.1) is 0 Å². The van der Waals surface area contributed by atoms with E-state index in [1.807, 2.05) is 6.92 Å². The molecule has 2 aromatic carbocycles. The molecule has 0 spiro atoms. The maximum atomic E-state index is 13.0. The topological polar surface area (TPSA) is 84.9 Å². The number of hydrogen-bond donors (Lipinski definition) is 1. The molecule has 1 aliphatic rings. The molecule has 0 aliphatic carbocycles. The second-order valence-electron chi connectivity index (χ2n) is 6.44. The van der Waals surface area contributed by atoms with Gasteiger partial charge in [0, 0.05) is 5.56 Å². The van der Waals surface area contributed by atoms with Crippen molar-refractivity contribution >= 4 is 29.6 Å². The van der Waals surface area contributed by atoms with Crippen LogP contribution in [0.15, 0.2) is 66.8 Å². The van der Waals surface area contributed by atoms with Crippen molar-refractivity contribution in [1.82, 2.24) is 5.32 Å². The molecule has 7 heteroatoms. The molecule has 0 radical (unpaired) electrons. The molecule has 4 amide bonds. The highest BCUT2D eigenvalue weighted by atomic mass is 16.5. The van der Waals surface area contributed by atoms with E-state index in [9.17, 15) is 14.4 Å². The Morgan fingerprint density at radius 1 is 1.03 bits per heavy atom. The van der Waals surface area contributed by atoms with Crippen LogP contribution in [-0.2, 0) is 9.59 Å². The smallest absolute Gasteiger partial charge is 0.335 e. The molecule has 7 nitrogen and oxygen atoms in total. The summed E-state index contributed by atoms with van der Waals surface area (Å²) in [6.07, 6.45) is 3.87. The number of barbiturate groups is 1. The van der Waals surface area contributed by atoms with Gasteiger partial charge < -0.3 is 9.47 Å². The van der Waals surface area contributed by atoms with Gasteiger partial charge in [0.2, 0.25) is 0 Å². The van der Waals surface area contributed by atoms with Gasteiger partial charge in [-0.3, -0.25) is 14.9 Å². The van der Waals surface area contributed by atoms with Gasteiger partial charge in [-0.25, -0.2) is 9.69 Å². The average Bonchev–Trinajstić information content (AvgIpc) is 2.75. The van der Waals surface area contributed by atoms with E-state index in [1.165, 1.54) is 6.08 Å². The summed E-state index contributed by atoms with van der Waals surface area (Å²) in [6, 6.07) is 12.7. The second-order valence-corrected chi connectivity index (χ2v) is 6.44. The summed E-state index contributed by atoms with van der Waals surface area (Å²) in [5, 5.41) is 2.21. The van der Waals surface area contributed by atoms with Crippen molar-refractivity contribution in [2.24, 2.45) is 0 Å². The predicted octanol–water partition coefficient (Wildman–Crippen LogP) is 3.71. The Hall–Kier alpha value is -3.87. The van der Waals surface area contributed by atoms with E-state index in [1.54, 1.807) is 54.6 Å². The van der Waals surface area contributed by atoms with Gasteiger partial charge in [-0.2, -0.15) is 0 Å². The van der Waals surface area contributed by atoms with Crippen molar-refractivity contribution in [3.63, 3.8) is 0 Å². The molecule has 1 saturated heterocycles. The SMILES string of the molecule is C=CCOc1ccccc1/C=C1/C(=O)NC(=O)N(c2ccc(OCCC)cc2)C1=O. The average molecular weight is 406 g/mol. The molecule has 0 bridgehead atoms. The number of hydrogen-bond acceptors (Lipinski definition) is 5. The first kappa shape index (κ1) is 20.9. The third kappa shape index (κ3) is 4.57. The lowest BCUT2D eigenvalue weighted by Gasteiger charge is -2.26. The number of carbonyl (C=O) groups excluding carboxylic acids is 3. The Kier molecular flexibility index (Phi) is 6.64. The van der Waals surface area contributed by atoms with Gasteiger partial charge >= 0.3 is 6.03 Å². The van der Waals surface area contributed by atoms with E-state index in [0.29, 0.717) is 29.4 Å². The van der Waals surface area contributed by atoms with E-state index in [0.717, 1.165) is 11.3 Å². The summed E-state index contributed by atoms with van der Waals surface area (Å²) < 4.78 is 11.1. The Labute approximate surface area is 174 Å². The summed E-state index contributed by atoms with van der Waals surface area (Å²) >= 11 is 0. The maximum Gasteiger partial charge on any atom is 0.335 e. The number of anilines is 1. The number of para-hydroxylation sites is 1. The van der Waals surface area contributed by atoms with Crippen molar-refractivity contribution in [1.29, 1.82) is 0 Å². The minimum Gasteiger partial charge on any atom is -0.494 e. The van der Waals surface area contributed by atoms with Crippen molar-refractivity contribution < 1.29 is 23.9 Å². The maximum absolute atomic E-state index is 13.0. The summed E-state index contributed by atoms with van der Waals surface area (Å²) in [5.41, 5.74) is 0.696. The standard InChI is InChI=1S/C23H22N2O5/c1-3-13-29-18-11-9-17(10-12-18)25-22(27)19(21(26)24-23(25)28)15-16-7-5-6-8-20(16)30-14-4-2/h4-12,15H,2-3,13-14H2,1H3,(H,24,26,28)/b19-15-. The summed E-state index contributed by atoms with van der Waals surface area (Å²) in [7, 11) is 0. The van der Waals surface area contributed by atoms with Gasteiger partial charge in [0.15, 0.2) is 0 Å². The number of carbonyl (C=O) groups is 3. The normalized spacial score (nSPS) is 15.2. The van der Waals surface area contributed by atoms with Crippen LogP contribution in [-0.4, -0.2) is 31.1 Å². The highest BCUT2D eigenvalue weighted by Crippen LogP contribution is 2.26. The van der Waals surface area contributed by atoms with Gasteiger partial charge in [0.25, 0.3) is 11.8 Å². The number of benzene rings is 2. The van der Waals surface area contributed by atoms with Gasteiger partial charge in [-0.05, 0) is 42.8 Å². The molecule has 1 heterocycles. The minimum absolute atomic E-state index is 0.171. The number of amides is 4. The van der Waals surface area contributed by atoms with Crippen LogP contribution >= 0.6 is 0 Å². The van der Waals surface area contributed by atoms with E-state index in [2.05, 4.69) is 11.9 Å². The number of rotatable bonds is 8. The molecular formula is C23H22N2O5. The van der Waals surface area contributed by atoms with Crippen LogP contribution in [0.25, 0.3) is 6.08 Å². The second kappa shape index (κ2) is 9.56. The Morgan fingerprint density at radius 2 is 1.77 bits per heavy atom. The van der Waals surface area contributed by atoms with E-state index in [-0.39, 0.29) is 12.2 Å². The molecule has 154 valence electrons. The fraction of sp³-hybridized carbons (Fsp3) is 0.174. The fourth-order valence-corrected chi connectivity index (χ4v) is 2.84. The predicted molar refractivity (Wildman–Crippen MR) is 113 cm³/mol. The van der Waals surface area contributed by atoms with Crippen LogP contribution in [0.1, 0.15) is 18.9 Å².